The van der Waals surface area contributed by atoms with Crippen molar-refractivity contribution in [1.82, 2.24) is 15.5 Å². The second-order valence-electron chi connectivity index (χ2n) is 5.41. The van der Waals surface area contributed by atoms with E-state index in [1.165, 1.54) is 4.90 Å². The van der Waals surface area contributed by atoms with Crippen molar-refractivity contribution in [3.63, 3.8) is 0 Å². The van der Waals surface area contributed by atoms with Gasteiger partial charge in [0.15, 0.2) is 0 Å². The van der Waals surface area contributed by atoms with E-state index in [9.17, 15) is 14.4 Å². The Kier molecular flexibility index (Phi) is 4.43. The van der Waals surface area contributed by atoms with Gasteiger partial charge in [-0.2, -0.15) is 5.26 Å². The maximum atomic E-state index is 11.9. The van der Waals surface area contributed by atoms with E-state index in [-0.39, 0.29) is 25.0 Å². The minimum Gasteiger partial charge on any atom is -0.480 e. The van der Waals surface area contributed by atoms with E-state index in [1.807, 2.05) is 0 Å². The highest BCUT2D eigenvalue weighted by molar-refractivity contribution is 5.90. The molecule has 1 atom stereocenters. The topological polar surface area (TPSA) is 123 Å². The molecule has 0 spiro atoms. The molecule has 0 radical (unpaired) electrons. The summed E-state index contributed by atoms with van der Waals surface area (Å²) in [6.07, 6.45) is 2.37. The maximum absolute atomic E-state index is 11.9. The molecule has 1 heterocycles. The van der Waals surface area contributed by atoms with Gasteiger partial charge in [0.25, 0.3) is 0 Å². The third-order valence-electron chi connectivity index (χ3n) is 3.82. The van der Waals surface area contributed by atoms with Crippen LogP contribution in [0.3, 0.4) is 0 Å². The lowest BCUT2D eigenvalue weighted by Gasteiger charge is -2.19. The molecule has 0 aromatic heterocycles. The van der Waals surface area contributed by atoms with Gasteiger partial charge in [-0.15, -0.1) is 0 Å². The zero-order valence-electron chi connectivity index (χ0n) is 11.6. The minimum absolute atomic E-state index is 0.0360. The number of rotatable bonds is 6. The number of nitrogens with one attached hydrogen (secondary N) is 2. The van der Waals surface area contributed by atoms with E-state index in [0.717, 1.165) is 6.42 Å². The van der Waals surface area contributed by atoms with Crippen molar-refractivity contribution in [1.29, 1.82) is 5.26 Å². The van der Waals surface area contributed by atoms with Gasteiger partial charge in [0.1, 0.15) is 11.6 Å². The number of likely N-dealkylation sites (tertiary alicyclic amines) is 1. The third kappa shape index (κ3) is 3.49. The largest absolute Gasteiger partial charge is 0.480 e. The predicted molar refractivity (Wildman–Crippen MR) is 71.0 cm³/mol. The lowest BCUT2D eigenvalue weighted by molar-refractivity contribution is -0.143. The second-order valence-corrected chi connectivity index (χ2v) is 5.41. The van der Waals surface area contributed by atoms with Crippen molar-refractivity contribution in [2.24, 2.45) is 0 Å². The van der Waals surface area contributed by atoms with Crippen molar-refractivity contribution >= 4 is 17.8 Å². The molecule has 3 N–H and O–H groups in total. The summed E-state index contributed by atoms with van der Waals surface area (Å²) in [4.78, 5) is 35.9. The summed E-state index contributed by atoms with van der Waals surface area (Å²) in [5.74, 6) is -1.69. The average Bonchev–Trinajstić information content (AvgIpc) is 3.06. The fraction of sp³-hybridized carbons (Fsp3) is 0.692. The molecule has 2 aliphatic rings. The molecule has 0 unspecified atom stereocenters. The number of carboxylic acids is 1. The molecule has 1 aliphatic heterocycles. The first kappa shape index (κ1) is 15.3. The Balaban J connectivity index is 1.70. The van der Waals surface area contributed by atoms with Gasteiger partial charge in [-0.05, 0) is 25.7 Å². The lowest BCUT2D eigenvalue weighted by Crippen LogP contribution is -2.48. The van der Waals surface area contributed by atoms with Crippen LogP contribution in [-0.2, 0) is 14.4 Å². The van der Waals surface area contributed by atoms with E-state index in [2.05, 4.69) is 16.7 Å². The third-order valence-corrected chi connectivity index (χ3v) is 3.82. The number of aliphatic carboxylic acids is 1. The van der Waals surface area contributed by atoms with Crippen LogP contribution in [0.5, 0.6) is 0 Å². The Morgan fingerprint density at radius 3 is 2.62 bits per heavy atom. The zero-order valence-corrected chi connectivity index (χ0v) is 11.6. The quantitative estimate of drug-likeness (QED) is 0.567. The van der Waals surface area contributed by atoms with Crippen molar-refractivity contribution in [3.8, 4) is 6.07 Å². The highest BCUT2D eigenvalue weighted by Gasteiger charge is 2.51. The zero-order chi connectivity index (χ0) is 15.5. The smallest absolute Gasteiger partial charge is 0.329 e. The van der Waals surface area contributed by atoms with E-state index >= 15 is 0 Å². The first-order valence-electron chi connectivity index (χ1n) is 6.93. The van der Waals surface area contributed by atoms with Crippen molar-refractivity contribution in [2.45, 2.75) is 37.3 Å². The normalized spacial score (nSPS) is 22.4. The molecule has 2 rings (SSSR count). The van der Waals surface area contributed by atoms with Gasteiger partial charge in [-0.1, -0.05) is 0 Å². The van der Waals surface area contributed by atoms with Gasteiger partial charge in [-0.25, -0.2) is 4.79 Å². The van der Waals surface area contributed by atoms with Crippen LogP contribution in [-0.4, -0.2) is 59.0 Å². The number of carboxylic acid groups (broad SMARTS) is 1. The highest BCUT2D eigenvalue weighted by atomic mass is 16.4. The molecule has 0 aromatic rings. The predicted octanol–water partition coefficient (Wildman–Crippen LogP) is -1.18. The fourth-order valence-corrected chi connectivity index (χ4v) is 2.41. The Bertz CT molecular complexity index is 495. The van der Waals surface area contributed by atoms with Crippen LogP contribution in [0.1, 0.15) is 25.7 Å². The van der Waals surface area contributed by atoms with Crippen molar-refractivity contribution in [3.05, 3.63) is 0 Å². The van der Waals surface area contributed by atoms with Gasteiger partial charge in [0.2, 0.25) is 11.8 Å². The molecule has 21 heavy (non-hydrogen) atoms. The number of nitrogens with zero attached hydrogens (tertiary/aromatic N) is 2. The summed E-state index contributed by atoms with van der Waals surface area (Å²) >= 11 is 0. The number of amides is 2. The van der Waals surface area contributed by atoms with E-state index in [4.69, 9.17) is 10.4 Å². The van der Waals surface area contributed by atoms with Crippen molar-refractivity contribution in [2.75, 3.05) is 19.6 Å². The molecule has 8 heteroatoms. The molecule has 1 aliphatic carbocycles. The summed E-state index contributed by atoms with van der Waals surface area (Å²) in [5.41, 5.74) is -1.11. The van der Waals surface area contributed by atoms with Gasteiger partial charge < -0.3 is 15.3 Å². The van der Waals surface area contributed by atoms with Crippen LogP contribution < -0.4 is 10.6 Å². The van der Waals surface area contributed by atoms with Gasteiger partial charge >= 0.3 is 5.97 Å². The van der Waals surface area contributed by atoms with Crippen LogP contribution in [0.2, 0.25) is 0 Å². The van der Waals surface area contributed by atoms with Crippen LogP contribution >= 0.6 is 0 Å². The monoisotopic (exact) mass is 294 g/mol. The highest BCUT2D eigenvalue weighted by Crippen LogP contribution is 2.35. The number of hydrogen-bond donors (Lipinski definition) is 3. The molecular formula is C13H18N4O4. The number of carbonyl (C=O) groups is 3. The van der Waals surface area contributed by atoms with Crippen LogP contribution in [0.15, 0.2) is 0 Å². The Labute approximate surface area is 122 Å². The Morgan fingerprint density at radius 1 is 1.33 bits per heavy atom. The SMILES string of the molecule is N#C[C@@H]1CCCN1C(=O)CNCC(=O)NC1(C(=O)O)CC1. The van der Waals surface area contributed by atoms with Gasteiger partial charge in [0.05, 0.1) is 19.2 Å². The summed E-state index contributed by atoms with van der Waals surface area (Å²) in [6, 6.07) is 1.70. The van der Waals surface area contributed by atoms with E-state index < -0.39 is 17.4 Å². The van der Waals surface area contributed by atoms with Crippen molar-refractivity contribution < 1.29 is 19.5 Å². The van der Waals surface area contributed by atoms with Crippen LogP contribution in [0.25, 0.3) is 0 Å². The van der Waals surface area contributed by atoms with Crippen LogP contribution in [0.4, 0.5) is 0 Å². The fourth-order valence-electron chi connectivity index (χ4n) is 2.41. The van der Waals surface area contributed by atoms with Crippen LogP contribution in [0, 0.1) is 11.3 Å². The molecule has 114 valence electrons. The minimum atomic E-state index is -1.11. The number of nitriles is 1. The second kappa shape index (κ2) is 6.10. The first-order valence-corrected chi connectivity index (χ1v) is 6.93. The summed E-state index contributed by atoms with van der Waals surface area (Å²) in [6.45, 7) is 0.407. The number of hydrogen-bond acceptors (Lipinski definition) is 5. The molecule has 1 saturated carbocycles. The lowest BCUT2D eigenvalue weighted by atomic mass is 10.2. The first-order chi connectivity index (χ1) is 9.98. The molecule has 8 nitrogen and oxygen atoms in total. The van der Waals surface area contributed by atoms with E-state index in [1.54, 1.807) is 0 Å². The summed E-state index contributed by atoms with van der Waals surface area (Å²) in [7, 11) is 0. The molecular weight excluding hydrogens is 276 g/mol. The molecule has 1 saturated heterocycles. The molecule has 0 aromatic carbocycles. The Hall–Kier alpha value is -2.14. The number of carbonyl (C=O) groups excluding carboxylic acids is 2. The summed E-state index contributed by atoms with van der Waals surface area (Å²) in [5, 5.41) is 23.0. The average molecular weight is 294 g/mol. The molecule has 2 amide bonds. The Morgan fingerprint density at radius 2 is 2.05 bits per heavy atom. The standard InChI is InChI=1S/C13H18N4O4/c14-6-9-2-1-5-17(9)11(19)8-15-7-10(18)16-13(3-4-13)12(20)21/h9,15H,1-5,7-8H2,(H,16,18)(H,20,21)/t9-/m0/s1. The van der Waals surface area contributed by atoms with Gasteiger partial charge in [0, 0.05) is 6.54 Å². The maximum Gasteiger partial charge on any atom is 0.329 e. The van der Waals surface area contributed by atoms with Gasteiger partial charge in [-0.3, -0.25) is 14.9 Å². The molecule has 0 bridgehead atoms. The summed E-state index contributed by atoms with van der Waals surface area (Å²) < 4.78 is 0. The molecule has 2 fully saturated rings. The van der Waals surface area contributed by atoms with E-state index in [0.29, 0.717) is 25.8 Å².